The van der Waals surface area contributed by atoms with E-state index in [-0.39, 0.29) is 17.3 Å². The maximum absolute atomic E-state index is 13.3. The molecule has 1 aliphatic rings. The van der Waals surface area contributed by atoms with Crippen molar-refractivity contribution in [2.45, 2.75) is 39.7 Å². The van der Waals surface area contributed by atoms with Gasteiger partial charge in [-0.25, -0.2) is 4.79 Å². The lowest BCUT2D eigenvalue weighted by Gasteiger charge is -2.31. The van der Waals surface area contributed by atoms with Crippen LogP contribution in [0, 0.1) is 12.8 Å². The van der Waals surface area contributed by atoms with Gasteiger partial charge < -0.3 is 14.4 Å². The van der Waals surface area contributed by atoms with Crippen molar-refractivity contribution in [3.8, 4) is 11.4 Å². The number of rotatable bonds is 7. The molecule has 0 aliphatic carbocycles. The molecule has 1 fully saturated rings. The predicted octanol–water partition coefficient (Wildman–Crippen LogP) is 4.52. The monoisotopic (exact) mass is 489 g/mol. The molecule has 0 radical (unpaired) electrons. The third-order valence-corrected chi connectivity index (χ3v) is 6.49. The van der Waals surface area contributed by atoms with Crippen LogP contribution < -0.4 is 4.90 Å². The van der Waals surface area contributed by atoms with Gasteiger partial charge in [-0.05, 0) is 42.3 Å². The van der Waals surface area contributed by atoms with Crippen LogP contribution >= 0.6 is 0 Å². The first kappa shape index (κ1) is 24.8. The highest BCUT2D eigenvalue weighted by Gasteiger charge is 2.48. The number of aryl methyl sites for hydroxylation is 1. The summed E-state index contributed by atoms with van der Waals surface area (Å²) in [6.07, 6.45) is 1.38. The van der Waals surface area contributed by atoms with Crippen LogP contribution in [0.2, 0.25) is 0 Å². The van der Waals surface area contributed by atoms with Crippen LogP contribution in [0.5, 0.6) is 0 Å². The number of ketones is 1. The Labute approximate surface area is 208 Å². The fourth-order valence-corrected chi connectivity index (χ4v) is 4.55. The minimum atomic E-state index is -0.751. The van der Waals surface area contributed by atoms with E-state index in [9.17, 15) is 19.5 Å². The summed E-state index contributed by atoms with van der Waals surface area (Å²) in [6, 6.07) is 12.4. The number of nitrogens with zero attached hydrogens (tertiary/aromatic N) is 3. The lowest BCUT2D eigenvalue weighted by atomic mass is 9.87. The Morgan fingerprint density at radius 3 is 2.19 bits per heavy atom. The number of ether oxygens (including phenoxy) is 1. The first-order valence-corrected chi connectivity index (χ1v) is 11.7. The number of anilines is 1. The molecule has 3 aromatic rings. The van der Waals surface area contributed by atoms with E-state index in [0.29, 0.717) is 46.9 Å². The van der Waals surface area contributed by atoms with Gasteiger partial charge in [0, 0.05) is 23.7 Å². The quantitative estimate of drug-likeness (QED) is 0.222. The zero-order chi connectivity index (χ0) is 26.0. The fraction of sp³-hybridized carbons (Fsp3) is 0.296. The Morgan fingerprint density at radius 1 is 1.06 bits per heavy atom. The number of hydrogen-bond acceptors (Lipinski definition) is 8. The van der Waals surface area contributed by atoms with Crippen LogP contribution in [-0.2, 0) is 14.3 Å². The van der Waals surface area contributed by atoms with Crippen LogP contribution in [0.1, 0.15) is 48.5 Å². The van der Waals surface area contributed by atoms with E-state index in [1.54, 1.807) is 31.2 Å². The highest BCUT2D eigenvalue weighted by atomic mass is 16.5. The molecule has 2 heterocycles. The molecule has 1 atom stereocenters. The smallest absolute Gasteiger partial charge is 0.337 e. The van der Waals surface area contributed by atoms with Gasteiger partial charge in [-0.2, -0.15) is 4.98 Å². The molecule has 9 heteroatoms. The average molecular weight is 490 g/mol. The summed E-state index contributed by atoms with van der Waals surface area (Å²) in [5.74, 6) is -1.46. The van der Waals surface area contributed by atoms with Crippen molar-refractivity contribution < 1.29 is 28.8 Å². The normalized spacial score (nSPS) is 17.1. The SMILES string of the molecule is CCC(CC)C1/C(=C(/O)c2ccc(C(=O)OC)cc2)C(=O)C(=O)N1c1ccc(-c2noc(C)n2)cc1. The second-order valence-electron chi connectivity index (χ2n) is 8.54. The summed E-state index contributed by atoms with van der Waals surface area (Å²) >= 11 is 0. The van der Waals surface area contributed by atoms with E-state index >= 15 is 0 Å². The number of carbonyl (C=O) groups is 3. The Hall–Kier alpha value is -4.27. The van der Waals surface area contributed by atoms with Gasteiger partial charge in [0.15, 0.2) is 0 Å². The molecule has 4 rings (SSSR count). The number of benzene rings is 2. The number of amides is 1. The predicted molar refractivity (Wildman–Crippen MR) is 132 cm³/mol. The van der Waals surface area contributed by atoms with Crippen molar-refractivity contribution in [2.24, 2.45) is 5.92 Å². The second-order valence-corrected chi connectivity index (χ2v) is 8.54. The molecule has 1 saturated heterocycles. The van der Waals surface area contributed by atoms with E-state index < -0.39 is 23.7 Å². The van der Waals surface area contributed by atoms with Gasteiger partial charge in [-0.3, -0.25) is 14.5 Å². The Balaban J connectivity index is 1.77. The zero-order valence-electron chi connectivity index (χ0n) is 20.5. The topological polar surface area (TPSA) is 123 Å². The number of methoxy groups -OCH3 is 1. The molecule has 1 unspecified atom stereocenters. The molecule has 1 aliphatic heterocycles. The molecule has 186 valence electrons. The van der Waals surface area contributed by atoms with Crippen molar-refractivity contribution >= 4 is 29.1 Å². The van der Waals surface area contributed by atoms with Gasteiger partial charge in [0.1, 0.15) is 5.76 Å². The summed E-state index contributed by atoms with van der Waals surface area (Å²) < 4.78 is 9.75. The third kappa shape index (κ3) is 4.39. The van der Waals surface area contributed by atoms with Crippen LogP contribution in [0.4, 0.5) is 5.69 Å². The lowest BCUT2D eigenvalue weighted by molar-refractivity contribution is -0.132. The second kappa shape index (κ2) is 10.2. The summed E-state index contributed by atoms with van der Waals surface area (Å²) in [5.41, 5.74) is 1.93. The van der Waals surface area contributed by atoms with E-state index in [4.69, 9.17) is 9.26 Å². The van der Waals surface area contributed by atoms with Crippen LogP contribution in [0.25, 0.3) is 17.1 Å². The number of carbonyl (C=O) groups excluding carboxylic acids is 3. The molecule has 36 heavy (non-hydrogen) atoms. The van der Waals surface area contributed by atoms with Crippen molar-refractivity contribution in [1.29, 1.82) is 0 Å². The molecule has 9 nitrogen and oxygen atoms in total. The van der Waals surface area contributed by atoms with E-state index in [0.717, 1.165) is 0 Å². The number of esters is 1. The molecule has 1 N–H and O–H groups in total. The minimum Gasteiger partial charge on any atom is -0.507 e. The van der Waals surface area contributed by atoms with Crippen molar-refractivity contribution in [3.05, 3.63) is 71.1 Å². The van der Waals surface area contributed by atoms with Gasteiger partial charge in [0.25, 0.3) is 11.7 Å². The van der Waals surface area contributed by atoms with Crippen LogP contribution in [0.3, 0.4) is 0 Å². The first-order valence-electron chi connectivity index (χ1n) is 11.7. The van der Waals surface area contributed by atoms with Crippen molar-refractivity contribution in [3.63, 3.8) is 0 Å². The highest BCUT2D eigenvalue weighted by Crippen LogP contribution is 2.39. The van der Waals surface area contributed by atoms with E-state index in [1.165, 1.54) is 36.3 Å². The molecular weight excluding hydrogens is 462 g/mol. The molecule has 2 aromatic carbocycles. The minimum absolute atomic E-state index is 0.0531. The van der Waals surface area contributed by atoms with Gasteiger partial charge in [0.2, 0.25) is 11.7 Å². The lowest BCUT2D eigenvalue weighted by Crippen LogP contribution is -2.39. The summed E-state index contributed by atoms with van der Waals surface area (Å²) in [6.45, 7) is 5.67. The van der Waals surface area contributed by atoms with E-state index in [2.05, 4.69) is 10.1 Å². The van der Waals surface area contributed by atoms with Crippen LogP contribution in [-0.4, -0.2) is 46.1 Å². The van der Waals surface area contributed by atoms with Crippen molar-refractivity contribution in [2.75, 3.05) is 12.0 Å². The average Bonchev–Trinajstić information content (AvgIpc) is 3.45. The maximum atomic E-state index is 13.3. The van der Waals surface area contributed by atoms with Gasteiger partial charge in [0.05, 0.1) is 24.3 Å². The van der Waals surface area contributed by atoms with Gasteiger partial charge >= 0.3 is 5.97 Å². The van der Waals surface area contributed by atoms with Crippen molar-refractivity contribution in [1.82, 2.24) is 10.1 Å². The number of aliphatic hydroxyl groups is 1. The fourth-order valence-electron chi connectivity index (χ4n) is 4.55. The number of aromatic nitrogens is 2. The highest BCUT2D eigenvalue weighted by molar-refractivity contribution is 6.51. The Morgan fingerprint density at radius 2 is 1.67 bits per heavy atom. The largest absolute Gasteiger partial charge is 0.507 e. The standard InChI is InChI=1S/C27H27N3O6/c1-5-16(6-2)22-21(23(31)17-7-9-19(10-8-17)27(34)35-4)24(32)26(33)30(22)20-13-11-18(12-14-20)25-28-15(3)36-29-25/h7-14,16,22,31H,5-6H2,1-4H3/b23-21-. The van der Waals surface area contributed by atoms with Gasteiger partial charge in [-0.1, -0.05) is 44.0 Å². The molecule has 0 spiro atoms. The number of Topliss-reactive ketones (excluding diaryl/α,β-unsaturated/α-hetero) is 1. The third-order valence-electron chi connectivity index (χ3n) is 6.49. The summed E-state index contributed by atoms with van der Waals surface area (Å²) in [7, 11) is 1.28. The van der Waals surface area contributed by atoms with E-state index in [1.807, 2.05) is 13.8 Å². The molecule has 1 amide bonds. The maximum Gasteiger partial charge on any atom is 0.337 e. The molecule has 0 bridgehead atoms. The van der Waals surface area contributed by atoms with Crippen LogP contribution in [0.15, 0.2) is 58.6 Å². The first-order chi connectivity index (χ1) is 17.3. The van der Waals surface area contributed by atoms with Gasteiger partial charge in [-0.15, -0.1) is 0 Å². The molecule has 0 saturated carbocycles. The number of aliphatic hydroxyl groups excluding tert-OH is 1. The zero-order valence-corrected chi connectivity index (χ0v) is 20.5. The summed E-state index contributed by atoms with van der Waals surface area (Å²) in [5, 5.41) is 15.1. The molecule has 1 aromatic heterocycles. The number of hydrogen-bond donors (Lipinski definition) is 1. The summed E-state index contributed by atoms with van der Waals surface area (Å²) in [4.78, 5) is 44.0. The molecular formula is C27H27N3O6. The Kier molecular flexibility index (Phi) is 7.00. The Bertz CT molecular complexity index is 1320.